The number of ether oxygens (including phenoxy) is 1. The molecule has 1 aliphatic rings. The fourth-order valence-electron chi connectivity index (χ4n) is 3.97. The molecular weight excluding hydrogens is 401 g/mol. The minimum Gasteiger partial charge on any atom is -0.489 e. The topological polar surface area (TPSA) is 77.5 Å². The van der Waals surface area contributed by atoms with E-state index < -0.39 is 7.05 Å². The lowest BCUT2D eigenvalue weighted by molar-refractivity contribution is 0.306. The van der Waals surface area contributed by atoms with E-state index in [9.17, 15) is 5.02 Å². The minimum absolute atomic E-state index is 0.405. The second-order valence-corrected chi connectivity index (χ2v) is 8.08. The third-order valence-electron chi connectivity index (χ3n) is 5.87. The number of anilines is 1. The minimum atomic E-state index is -0.405. The van der Waals surface area contributed by atoms with Crippen molar-refractivity contribution in [3.63, 3.8) is 0 Å². The van der Waals surface area contributed by atoms with Crippen LogP contribution < -0.4 is 9.64 Å². The van der Waals surface area contributed by atoms with Crippen LogP contribution >= 0.6 is 0 Å². The molecule has 5 rings (SSSR count). The van der Waals surface area contributed by atoms with Gasteiger partial charge in [-0.05, 0) is 48.8 Å². The van der Waals surface area contributed by atoms with Crippen LogP contribution in [0, 0.1) is 0 Å². The number of piperazine rings is 1. The fraction of sp³-hybridized carbons (Fsp3) is 0.250. The van der Waals surface area contributed by atoms with Gasteiger partial charge in [0.05, 0.1) is 0 Å². The summed E-state index contributed by atoms with van der Waals surface area (Å²) in [5.74, 6) is 2.55. The van der Waals surface area contributed by atoms with Crippen molar-refractivity contribution in [1.29, 1.82) is 0 Å². The highest BCUT2D eigenvalue weighted by molar-refractivity contribution is 6.45. The van der Waals surface area contributed by atoms with Gasteiger partial charge in [-0.15, -0.1) is 0 Å². The second-order valence-electron chi connectivity index (χ2n) is 8.08. The molecule has 3 heterocycles. The summed E-state index contributed by atoms with van der Waals surface area (Å²) in [6, 6.07) is 22.1. The summed E-state index contributed by atoms with van der Waals surface area (Å²) in [5, 5.41) is 9.76. The Morgan fingerprint density at radius 2 is 1.69 bits per heavy atom. The first-order valence-electron chi connectivity index (χ1n) is 11.0. The lowest BCUT2D eigenvalue weighted by Crippen LogP contribution is -2.51. The Morgan fingerprint density at radius 3 is 2.41 bits per heavy atom. The Morgan fingerprint density at radius 1 is 0.938 bits per heavy atom. The van der Waals surface area contributed by atoms with Crippen LogP contribution in [0.2, 0.25) is 6.82 Å². The number of fused-ring (bicyclic) bond motifs is 1. The molecular formula is C24H26BN5O2. The molecule has 162 valence electrons. The number of hydrogen-bond donors (Lipinski definition) is 2. The highest BCUT2D eigenvalue weighted by Crippen LogP contribution is 2.24. The van der Waals surface area contributed by atoms with Crippen molar-refractivity contribution in [2.45, 2.75) is 13.4 Å². The van der Waals surface area contributed by atoms with Gasteiger partial charge in [0, 0.05) is 31.7 Å². The summed E-state index contributed by atoms with van der Waals surface area (Å²) < 4.78 is 5.88. The van der Waals surface area contributed by atoms with Crippen LogP contribution in [0.4, 0.5) is 5.82 Å². The Balaban J connectivity index is 1.27. The zero-order valence-electron chi connectivity index (χ0n) is 18.1. The van der Waals surface area contributed by atoms with E-state index in [1.165, 1.54) is 0 Å². The standard InChI is InChI=1S/C24H26BN5O2/c1-25(31)30-15-13-29(14-16-30)22-12-11-21-24(27-22)28-23(26-21)19-7-9-20(10-8-19)32-17-18-5-3-2-4-6-18/h2-12,31H,13-17H2,1H3,(H,26,27,28). The van der Waals surface area contributed by atoms with Crippen LogP contribution in [0.15, 0.2) is 66.7 Å². The lowest BCUT2D eigenvalue weighted by atomic mass is 9.84. The maximum Gasteiger partial charge on any atom is 0.376 e. The van der Waals surface area contributed by atoms with E-state index in [0.717, 1.165) is 65.9 Å². The van der Waals surface area contributed by atoms with Crippen molar-refractivity contribution in [2.24, 2.45) is 0 Å². The van der Waals surface area contributed by atoms with Gasteiger partial charge in [0.15, 0.2) is 5.65 Å². The largest absolute Gasteiger partial charge is 0.489 e. The quantitative estimate of drug-likeness (QED) is 0.459. The molecule has 2 aromatic heterocycles. The van der Waals surface area contributed by atoms with Gasteiger partial charge < -0.3 is 24.5 Å². The Hall–Kier alpha value is -3.36. The molecule has 0 aliphatic carbocycles. The molecule has 2 aromatic carbocycles. The zero-order chi connectivity index (χ0) is 21.9. The molecule has 1 aliphatic heterocycles. The van der Waals surface area contributed by atoms with Crippen molar-refractivity contribution >= 4 is 24.0 Å². The molecule has 0 bridgehead atoms. The van der Waals surface area contributed by atoms with E-state index in [2.05, 4.69) is 26.8 Å². The van der Waals surface area contributed by atoms with E-state index in [1.54, 1.807) is 0 Å². The number of nitrogens with zero attached hydrogens (tertiary/aromatic N) is 4. The van der Waals surface area contributed by atoms with Gasteiger partial charge in [0.2, 0.25) is 0 Å². The van der Waals surface area contributed by atoms with Crippen molar-refractivity contribution < 1.29 is 9.76 Å². The van der Waals surface area contributed by atoms with Gasteiger partial charge in [-0.2, -0.15) is 0 Å². The molecule has 0 amide bonds. The Labute approximate surface area is 187 Å². The molecule has 0 spiro atoms. The SMILES string of the molecule is CB(O)N1CCN(c2ccc3nc(-c4ccc(OCc5ccccc5)cc4)[nH]c3n2)CC1. The summed E-state index contributed by atoms with van der Waals surface area (Å²) in [6.45, 7) is 5.69. The van der Waals surface area contributed by atoms with Gasteiger partial charge >= 0.3 is 7.05 Å². The molecule has 0 unspecified atom stereocenters. The maximum absolute atomic E-state index is 9.76. The lowest BCUT2D eigenvalue weighted by Gasteiger charge is -2.35. The molecule has 2 N–H and O–H groups in total. The molecule has 1 fully saturated rings. The monoisotopic (exact) mass is 427 g/mol. The van der Waals surface area contributed by atoms with Crippen molar-refractivity contribution in [3.8, 4) is 17.1 Å². The predicted octanol–water partition coefficient (Wildman–Crippen LogP) is 3.44. The van der Waals surface area contributed by atoms with Crippen LogP contribution in [0.3, 0.4) is 0 Å². The number of nitrogens with one attached hydrogen (secondary N) is 1. The number of benzene rings is 2. The zero-order valence-corrected chi connectivity index (χ0v) is 18.1. The first-order valence-corrected chi connectivity index (χ1v) is 11.0. The molecule has 7 nitrogen and oxygen atoms in total. The Bertz CT molecular complexity index is 1170. The van der Waals surface area contributed by atoms with Crippen molar-refractivity contribution in [3.05, 3.63) is 72.3 Å². The van der Waals surface area contributed by atoms with E-state index >= 15 is 0 Å². The van der Waals surface area contributed by atoms with Gasteiger partial charge in [0.25, 0.3) is 0 Å². The molecule has 0 saturated carbocycles. The van der Waals surface area contributed by atoms with Gasteiger partial charge in [-0.1, -0.05) is 30.3 Å². The molecule has 4 aromatic rings. The number of aromatic nitrogens is 3. The molecule has 32 heavy (non-hydrogen) atoms. The number of pyridine rings is 1. The average Bonchev–Trinajstić information content (AvgIpc) is 3.27. The van der Waals surface area contributed by atoms with E-state index in [-0.39, 0.29) is 0 Å². The number of H-pyrrole nitrogens is 1. The molecule has 8 heteroatoms. The van der Waals surface area contributed by atoms with Gasteiger partial charge in [-0.3, -0.25) is 0 Å². The van der Waals surface area contributed by atoms with Crippen LogP contribution in [0.1, 0.15) is 5.56 Å². The summed E-state index contributed by atoms with van der Waals surface area (Å²) in [6.07, 6.45) is 0. The number of imidazole rings is 1. The van der Waals surface area contributed by atoms with Crippen molar-refractivity contribution in [2.75, 3.05) is 31.1 Å². The van der Waals surface area contributed by atoms with Crippen LogP contribution in [0.25, 0.3) is 22.6 Å². The fourth-order valence-corrected chi connectivity index (χ4v) is 3.97. The summed E-state index contributed by atoms with van der Waals surface area (Å²) in [5.41, 5.74) is 3.75. The van der Waals surface area contributed by atoms with Crippen LogP contribution in [0.5, 0.6) is 5.75 Å². The van der Waals surface area contributed by atoms with Crippen LogP contribution in [-0.4, -0.2) is 58.0 Å². The van der Waals surface area contributed by atoms with Gasteiger partial charge in [-0.25, -0.2) is 9.97 Å². The second kappa shape index (κ2) is 9.02. The summed E-state index contributed by atoms with van der Waals surface area (Å²) >= 11 is 0. The number of rotatable bonds is 6. The molecule has 1 saturated heterocycles. The first kappa shape index (κ1) is 20.5. The summed E-state index contributed by atoms with van der Waals surface area (Å²) in [4.78, 5) is 17.2. The van der Waals surface area contributed by atoms with E-state index in [4.69, 9.17) is 14.7 Å². The van der Waals surface area contributed by atoms with Gasteiger partial charge in [0.1, 0.15) is 29.5 Å². The summed E-state index contributed by atoms with van der Waals surface area (Å²) in [7, 11) is -0.405. The average molecular weight is 427 g/mol. The van der Waals surface area contributed by atoms with E-state index in [0.29, 0.717) is 6.61 Å². The normalized spacial score (nSPS) is 14.6. The third kappa shape index (κ3) is 4.47. The smallest absolute Gasteiger partial charge is 0.376 e. The predicted molar refractivity (Wildman–Crippen MR) is 128 cm³/mol. The van der Waals surface area contributed by atoms with E-state index in [1.807, 2.05) is 61.4 Å². The van der Waals surface area contributed by atoms with Crippen molar-refractivity contribution in [1.82, 2.24) is 19.8 Å². The third-order valence-corrected chi connectivity index (χ3v) is 5.87. The number of hydrogen-bond acceptors (Lipinski definition) is 6. The van der Waals surface area contributed by atoms with Crippen LogP contribution in [-0.2, 0) is 6.61 Å². The number of aromatic amines is 1. The first-order chi connectivity index (χ1) is 15.7. The highest BCUT2D eigenvalue weighted by Gasteiger charge is 2.23. The highest BCUT2D eigenvalue weighted by atomic mass is 16.5. The maximum atomic E-state index is 9.76. The molecule has 0 atom stereocenters. The molecule has 0 radical (unpaired) electrons. The Kier molecular flexibility index (Phi) is 5.79.